The summed E-state index contributed by atoms with van der Waals surface area (Å²) in [7, 11) is 0. The van der Waals surface area contributed by atoms with Crippen molar-refractivity contribution in [3.63, 3.8) is 0 Å². The molecule has 12 heteroatoms. The number of hydrogen-bond acceptors (Lipinski definition) is 4. The van der Waals surface area contributed by atoms with E-state index in [1.54, 1.807) is 6.07 Å². The van der Waals surface area contributed by atoms with Gasteiger partial charge in [-0.3, -0.25) is 4.79 Å². The largest absolute Gasteiger partial charge is 0.416 e. The van der Waals surface area contributed by atoms with Crippen LogP contribution in [0.2, 0.25) is 0 Å². The van der Waals surface area contributed by atoms with Crippen LogP contribution in [0.4, 0.5) is 53.9 Å². The van der Waals surface area contributed by atoms with E-state index in [2.05, 4.69) is 10.6 Å². The summed E-state index contributed by atoms with van der Waals surface area (Å²) in [4.78, 5) is 24.4. The molecule has 0 radical (unpaired) electrons. The highest BCUT2D eigenvalue weighted by Gasteiger charge is 2.37. The number of anilines is 4. The third-order valence-corrected chi connectivity index (χ3v) is 4.20. The Hall–Kier alpha value is -3.44. The fourth-order valence-corrected chi connectivity index (χ4v) is 2.81. The molecule has 0 fully saturated rings. The maximum Gasteiger partial charge on any atom is 0.416 e. The molecule has 6 nitrogen and oxygen atoms in total. The molecule has 1 aliphatic rings. The monoisotopic (exact) mass is 432 g/mol. The Kier molecular flexibility index (Phi) is 5.51. The predicted molar refractivity (Wildman–Crippen MR) is 97.4 cm³/mol. The minimum absolute atomic E-state index is 0.0602. The zero-order chi connectivity index (χ0) is 22.1. The molecule has 3 rings (SSSR count). The van der Waals surface area contributed by atoms with Gasteiger partial charge in [-0.2, -0.15) is 26.3 Å². The number of halogens is 6. The summed E-state index contributed by atoms with van der Waals surface area (Å²) in [5.41, 5.74) is -2.57. The number of amides is 3. The van der Waals surface area contributed by atoms with E-state index < -0.39 is 35.2 Å². The standard InChI is InChI=1S/C18H14F6N4O2/c19-17(20,21)10-5-11(18(22,23)24)7-12(6-10)27-16(30)28(9-29)13-1-2-14-15(8-13)26-4-3-25-14/h1-2,5-9,25-26H,3-4H2,(H,27,30). The molecule has 30 heavy (non-hydrogen) atoms. The minimum Gasteiger partial charge on any atom is -0.382 e. The molecule has 3 amide bonds. The van der Waals surface area contributed by atoms with Crippen LogP contribution in [0.3, 0.4) is 0 Å². The van der Waals surface area contributed by atoms with Gasteiger partial charge < -0.3 is 16.0 Å². The maximum absolute atomic E-state index is 13.0. The number of alkyl halides is 6. The van der Waals surface area contributed by atoms with E-state index >= 15 is 0 Å². The molecule has 0 aromatic heterocycles. The van der Waals surface area contributed by atoms with Crippen molar-refractivity contribution in [2.45, 2.75) is 12.4 Å². The third-order valence-electron chi connectivity index (χ3n) is 4.20. The van der Waals surface area contributed by atoms with Gasteiger partial charge in [0, 0.05) is 18.8 Å². The first kappa shape index (κ1) is 21.3. The number of benzene rings is 2. The molecule has 3 N–H and O–H groups in total. The van der Waals surface area contributed by atoms with Crippen LogP contribution in [0, 0.1) is 0 Å². The normalized spacial score (nSPS) is 13.5. The number of hydrogen-bond donors (Lipinski definition) is 3. The van der Waals surface area contributed by atoms with E-state index in [0.29, 0.717) is 41.5 Å². The van der Waals surface area contributed by atoms with Crippen LogP contribution in [0.15, 0.2) is 36.4 Å². The molecule has 2 aromatic carbocycles. The number of nitrogens with one attached hydrogen (secondary N) is 3. The first-order valence-corrected chi connectivity index (χ1v) is 8.46. The van der Waals surface area contributed by atoms with Crippen molar-refractivity contribution in [2.75, 3.05) is 33.9 Å². The van der Waals surface area contributed by atoms with Gasteiger partial charge in [0.2, 0.25) is 6.41 Å². The highest BCUT2D eigenvalue weighted by atomic mass is 19.4. The number of imide groups is 1. The van der Waals surface area contributed by atoms with Gasteiger partial charge in [-0.1, -0.05) is 0 Å². The van der Waals surface area contributed by atoms with Crippen molar-refractivity contribution in [3.8, 4) is 0 Å². The molecule has 0 atom stereocenters. The van der Waals surface area contributed by atoms with Gasteiger partial charge in [-0.15, -0.1) is 0 Å². The van der Waals surface area contributed by atoms with E-state index in [9.17, 15) is 35.9 Å². The zero-order valence-electron chi connectivity index (χ0n) is 15.0. The van der Waals surface area contributed by atoms with E-state index in [4.69, 9.17) is 0 Å². The van der Waals surface area contributed by atoms with E-state index in [1.165, 1.54) is 12.1 Å². The van der Waals surface area contributed by atoms with E-state index in [1.807, 2.05) is 5.32 Å². The summed E-state index contributed by atoms with van der Waals surface area (Å²) in [6.45, 7) is 1.23. The molecule has 0 bridgehead atoms. The average molecular weight is 432 g/mol. The Labute approximate surface area is 165 Å². The lowest BCUT2D eigenvalue weighted by atomic mass is 10.1. The van der Waals surface area contributed by atoms with Crippen LogP contribution in [0.25, 0.3) is 0 Å². The highest BCUT2D eigenvalue weighted by Crippen LogP contribution is 2.37. The van der Waals surface area contributed by atoms with Gasteiger partial charge in [-0.05, 0) is 36.4 Å². The Morgan fingerprint density at radius 2 is 1.47 bits per heavy atom. The van der Waals surface area contributed by atoms with Gasteiger partial charge in [-0.25, -0.2) is 9.69 Å². The zero-order valence-corrected chi connectivity index (χ0v) is 15.0. The third kappa shape index (κ3) is 4.58. The van der Waals surface area contributed by atoms with Crippen LogP contribution >= 0.6 is 0 Å². The Morgan fingerprint density at radius 1 is 0.900 bits per heavy atom. The van der Waals surface area contributed by atoms with Crippen molar-refractivity contribution in [1.29, 1.82) is 0 Å². The predicted octanol–water partition coefficient (Wildman–Crippen LogP) is 4.76. The van der Waals surface area contributed by atoms with Crippen LogP contribution in [-0.2, 0) is 17.1 Å². The molecule has 160 valence electrons. The summed E-state index contributed by atoms with van der Waals surface area (Å²) >= 11 is 0. The number of carbonyl (C=O) groups excluding carboxylic acids is 2. The molecule has 1 heterocycles. The molecule has 1 aliphatic heterocycles. The fraction of sp³-hybridized carbons (Fsp3) is 0.222. The summed E-state index contributed by atoms with van der Waals surface area (Å²) in [6.07, 6.45) is -10.0. The Bertz CT molecular complexity index is 942. The van der Waals surface area contributed by atoms with Crippen molar-refractivity contribution in [2.24, 2.45) is 0 Å². The first-order valence-electron chi connectivity index (χ1n) is 8.46. The van der Waals surface area contributed by atoms with Gasteiger partial charge in [0.1, 0.15) is 0 Å². The summed E-state index contributed by atoms with van der Waals surface area (Å²) in [5.74, 6) is 0. The van der Waals surface area contributed by atoms with Gasteiger partial charge in [0.15, 0.2) is 0 Å². The second-order valence-electron chi connectivity index (χ2n) is 6.28. The van der Waals surface area contributed by atoms with Gasteiger partial charge >= 0.3 is 18.4 Å². The van der Waals surface area contributed by atoms with Crippen LogP contribution in [0.5, 0.6) is 0 Å². The van der Waals surface area contributed by atoms with E-state index in [0.717, 1.165) is 0 Å². The molecule has 0 spiro atoms. The topological polar surface area (TPSA) is 73.5 Å². The van der Waals surface area contributed by atoms with Crippen LogP contribution in [0.1, 0.15) is 11.1 Å². The van der Waals surface area contributed by atoms with Gasteiger partial charge in [0.25, 0.3) is 0 Å². The van der Waals surface area contributed by atoms with Crippen molar-refractivity contribution >= 4 is 35.2 Å². The molecular formula is C18H14F6N4O2. The highest BCUT2D eigenvalue weighted by molar-refractivity contribution is 6.12. The molecule has 0 aliphatic carbocycles. The molecule has 2 aromatic rings. The van der Waals surface area contributed by atoms with Crippen molar-refractivity contribution < 1.29 is 35.9 Å². The van der Waals surface area contributed by atoms with Crippen molar-refractivity contribution in [1.82, 2.24) is 0 Å². The average Bonchev–Trinajstić information content (AvgIpc) is 2.67. The second kappa shape index (κ2) is 7.76. The quantitative estimate of drug-likeness (QED) is 0.483. The number of carbonyl (C=O) groups is 2. The second-order valence-corrected chi connectivity index (χ2v) is 6.28. The lowest BCUT2D eigenvalue weighted by molar-refractivity contribution is -0.143. The molecule has 0 saturated heterocycles. The lowest BCUT2D eigenvalue weighted by Crippen LogP contribution is -2.34. The first-order chi connectivity index (χ1) is 14.0. The number of nitrogens with zero attached hydrogens (tertiary/aromatic N) is 1. The Morgan fingerprint density at radius 3 is 2.00 bits per heavy atom. The lowest BCUT2D eigenvalue weighted by Gasteiger charge is -2.23. The molecular weight excluding hydrogens is 418 g/mol. The minimum atomic E-state index is -5.07. The Balaban J connectivity index is 1.91. The van der Waals surface area contributed by atoms with Crippen LogP contribution < -0.4 is 20.9 Å². The summed E-state index contributed by atoms with van der Waals surface area (Å²) < 4.78 is 77.8. The number of fused-ring (bicyclic) bond motifs is 1. The molecule has 0 saturated carbocycles. The van der Waals surface area contributed by atoms with Crippen molar-refractivity contribution in [3.05, 3.63) is 47.5 Å². The summed E-state index contributed by atoms with van der Waals surface area (Å²) in [6, 6.07) is 3.86. The smallest absolute Gasteiger partial charge is 0.382 e. The number of rotatable bonds is 3. The maximum atomic E-state index is 13.0. The van der Waals surface area contributed by atoms with Crippen LogP contribution in [-0.4, -0.2) is 25.5 Å². The molecule has 0 unspecified atom stereocenters. The SMILES string of the molecule is O=CN(C(=O)Nc1cc(C(F)(F)F)cc(C(F)(F)F)c1)c1ccc2c(c1)NCCN2. The number of urea groups is 1. The van der Waals surface area contributed by atoms with E-state index in [-0.39, 0.29) is 18.2 Å². The summed E-state index contributed by atoms with van der Waals surface area (Å²) in [5, 5.41) is 8.02. The fourth-order valence-electron chi connectivity index (χ4n) is 2.81. The van der Waals surface area contributed by atoms with Gasteiger partial charge in [0.05, 0.1) is 28.2 Å².